The van der Waals surface area contributed by atoms with E-state index < -0.39 is 58.9 Å². The standard InChI is InChI=1S/C47H61N9O5S.C25H33ClN4O4S.C21H28N6O/c1-29(32-10-12-33(13-11-32)43-30(2)49-28-62-43)50-45(60)41-21-36(58)27-56(41)46(61)38(47(3,4)5)20-35(57)26-53-16-14-31(15-17-53)24-54-18-19-55-34(25-54)23-48-44-40(55)22-39(51-52-44)37-8-6-7-9-42(37)59;1-14(16-6-8-17(9-7-16)21-15(2)27-13-35-21)28-23(33)19-10-18(31)12-30(19)24(34)22(25(3,4)5)29-20(32)11-26;28-20-4-2-1-3-17(20)18-11-19-21(25-24-18)23-12-16-14-26(9-10-27(16)19)13-15-5-7-22-8-6-15/h6-13,22,28-29,31,34,36,38,41,58-59H,14-21,23-27H2,1-5H3,(H,48,52)(H,50,60);6-9,13-14,18-19,22,31H,10-12H2,1-5H3,(H,28,33)(H,29,32);1-4,11,15-16,22,28H,5-10,12-14H2,(H,23,25)/t29-,34?,36+,38+,41-;14-,18+,19-,22+;/m00./s1. The topological polar surface area (TPSA) is 356 Å². The summed E-state index contributed by atoms with van der Waals surface area (Å²) in [7, 11) is 0. The Bertz CT molecular complexity index is 5070. The summed E-state index contributed by atoms with van der Waals surface area (Å²) in [6.07, 6.45) is 3.36. The number of phenolic OH excluding ortho intramolecular Hbond substituents is 2. The number of piperidine rings is 2. The third kappa shape index (κ3) is 22.2. The number of para-hydroxylation sites is 2. The number of amides is 5. The lowest BCUT2D eigenvalue weighted by Gasteiger charge is -2.47. The van der Waals surface area contributed by atoms with E-state index in [-0.39, 0.29) is 85.3 Å². The van der Waals surface area contributed by atoms with Crippen molar-refractivity contribution < 1.29 is 49.2 Å². The molecule has 6 fully saturated rings. The maximum Gasteiger partial charge on any atom is 0.246 e. The van der Waals surface area contributed by atoms with Crippen molar-refractivity contribution in [2.75, 3.05) is 138 Å². The lowest BCUT2D eigenvalue weighted by Crippen LogP contribution is -2.58. The van der Waals surface area contributed by atoms with Gasteiger partial charge in [-0.05, 0) is 161 Å². The number of β-amino-alcohol motifs (C(OH)–C–C–N with tert-alkyl or cyclic N) is 2. The number of anilines is 4. The number of nitrogens with zero attached hydrogens (tertiary/aromatic N) is 13. The monoisotopic (exact) mass is 1760 g/mol. The number of hydrogen-bond donors (Lipinski definition) is 10. The van der Waals surface area contributed by atoms with Crippen molar-refractivity contribution in [3.05, 3.63) is 143 Å². The Morgan fingerprint density at radius 2 is 0.992 bits per heavy atom. The zero-order valence-corrected chi connectivity index (χ0v) is 75.8. The van der Waals surface area contributed by atoms with Crippen LogP contribution in [0.3, 0.4) is 0 Å². The minimum absolute atomic E-state index is 0.0253. The molecule has 4 aromatic carbocycles. The number of aryl methyl sites for hydroxylation is 2. The van der Waals surface area contributed by atoms with Gasteiger partial charge >= 0.3 is 0 Å². The van der Waals surface area contributed by atoms with Crippen molar-refractivity contribution in [3.63, 3.8) is 0 Å². The molecule has 29 nitrogen and oxygen atoms in total. The van der Waals surface area contributed by atoms with Crippen molar-refractivity contribution >= 4 is 92.6 Å². The summed E-state index contributed by atoms with van der Waals surface area (Å²) in [6, 6.07) is 32.2. The number of Topliss-reactive ketones (excluding diaryl/α,β-unsaturated/α-hetero) is 1. The van der Waals surface area contributed by atoms with Gasteiger partial charge in [-0.2, -0.15) is 0 Å². The van der Waals surface area contributed by atoms with Gasteiger partial charge < -0.3 is 71.9 Å². The van der Waals surface area contributed by atoms with E-state index in [1.807, 2.05) is 165 Å². The van der Waals surface area contributed by atoms with Crippen LogP contribution in [-0.4, -0.2) is 270 Å². The minimum Gasteiger partial charge on any atom is -0.507 e. The highest BCUT2D eigenvalue weighted by molar-refractivity contribution is 7.13. The third-order valence-electron chi connectivity index (χ3n) is 25.9. The van der Waals surface area contributed by atoms with Crippen LogP contribution in [0.2, 0.25) is 0 Å². The molecule has 12 heterocycles. The highest BCUT2D eigenvalue weighted by atomic mass is 35.5. The predicted octanol–water partition coefficient (Wildman–Crippen LogP) is 10.2. The molecule has 6 saturated heterocycles. The van der Waals surface area contributed by atoms with Crippen molar-refractivity contribution in [2.45, 2.75) is 169 Å². The van der Waals surface area contributed by atoms with Crippen LogP contribution in [0.15, 0.2) is 120 Å². The molecule has 0 radical (unpaired) electrons. The average Bonchev–Trinajstić information content (AvgIpc) is 1.37. The lowest BCUT2D eigenvalue weighted by molar-refractivity contribution is -0.146. The van der Waals surface area contributed by atoms with Crippen LogP contribution in [0, 0.1) is 42.4 Å². The second-order valence-corrected chi connectivity index (χ2v) is 39.0. The Hall–Kier alpha value is -9.83. The molecule has 125 heavy (non-hydrogen) atoms. The largest absolute Gasteiger partial charge is 0.507 e. The van der Waals surface area contributed by atoms with Crippen molar-refractivity contribution in [3.8, 4) is 54.9 Å². The Labute approximate surface area is 745 Å². The number of hydrogen-bond acceptors (Lipinski definition) is 26. The van der Waals surface area contributed by atoms with Gasteiger partial charge in [-0.3, -0.25) is 43.5 Å². The summed E-state index contributed by atoms with van der Waals surface area (Å²) >= 11 is 8.81. The number of aromatic nitrogens is 6. The number of aliphatic hydroxyl groups is 2. The van der Waals surface area contributed by atoms with Crippen LogP contribution in [0.1, 0.15) is 135 Å². The fraction of sp³-hybridized carbons (Fsp3) is 0.527. The highest BCUT2D eigenvalue weighted by Gasteiger charge is 2.48. The molecule has 4 aromatic heterocycles. The second kappa shape index (κ2) is 40.4. The first-order valence-corrected chi connectivity index (χ1v) is 46.4. The number of piperazine rings is 2. The Balaban J connectivity index is 0.000000169. The van der Waals surface area contributed by atoms with Crippen LogP contribution < -0.4 is 41.7 Å². The molecular formula is C93H122ClN19O10S2. The number of halogens is 1. The van der Waals surface area contributed by atoms with E-state index in [1.54, 1.807) is 40.9 Å². The Morgan fingerprint density at radius 3 is 1.42 bits per heavy atom. The van der Waals surface area contributed by atoms with Gasteiger partial charge in [0.15, 0.2) is 11.6 Å². The number of aliphatic hydroxyl groups excluding tert-OH is 2. The number of alkyl halides is 1. The molecule has 8 aliphatic rings. The van der Waals surface area contributed by atoms with Crippen LogP contribution >= 0.6 is 34.3 Å². The molecular weight excluding hydrogens is 1640 g/mol. The summed E-state index contributed by atoms with van der Waals surface area (Å²) in [5.41, 5.74) is 13.4. The number of aromatic hydroxyl groups is 2. The maximum absolute atomic E-state index is 14.3. The molecule has 5 amide bonds. The molecule has 0 saturated carbocycles. The number of carbonyl (C=O) groups excluding carboxylic acids is 6. The molecule has 16 rings (SSSR count). The number of nitrogens with one attached hydrogen (secondary N) is 6. The Morgan fingerprint density at radius 1 is 0.544 bits per heavy atom. The van der Waals surface area contributed by atoms with Gasteiger partial charge in [0.2, 0.25) is 29.5 Å². The van der Waals surface area contributed by atoms with E-state index in [9.17, 15) is 49.2 Å². The van der Waals surface area contributed by atoms with Gasteiger partial charge in [0.25, 0.3) is 0 Å². The fourth-order valence-corrected chi connectivity index (χ4v) is 20.4. The molecule has 0 bridgehead atoms. The van der Waals surface area contributed by atoms with Crippen LogP contribution in [0.4, 0.5) is 23.0 Å². The summed E-state index contributed by atoms with van der Waals surface area (Å²) < 4.78 is 0. The molecule has 32 heteroatoms. The first-order valence-electron chi connectivity index (χ1n) is 44.1. The zero-order valence-electron chi connectivity index (χ0n) is 73.4. The first kappa shape index (κ1) is 91.4. The Kier molecular flexibility index (Phi) is 29.6. The van der Waals surface area contributed by atoms with Gasteiger partial charge in [-0.1, -0.05) is 114 Å². The molecule has 10 N–H and O–H groups in total. The van der Waals surface area contributed by atoms with Crippen molar-refractivity contribution in [1.82, 2.24) is 76.1 Å². The fourth-order valence-electron chi connectivity index (χ4n) is 18.7. The number of phenols is 2. The van der Waals surface area contributed by atoms with Gasteiger partial charge in [0.1, 0.15) is 41.3 Å². The number of likely N-dealkylation sites (tertiary alicyclic amines) is 3. The lowest BCUT2D eigenvalue weighted by atomic mass is 9.76. The molecule has 8 aromatic rings. The summed E-state index contributed by atoms with van der Waals surface area (Å²) in [5.74, 6) is 0.776. The highest BCUT2D eigenvalue weighted by Crippen LogP contribution is 2.41. The number of fused-ring (bicyclic) bond motifs is 6. The molecule has 668 valence electrons. The number of benzene rings is 4. The van der Waals surface area contributed by atoms with Crippen molar-refractivity contribution in [2.24, 2.45) is 28.6 Å². The molecule has 10 atom stereocenters. The summed E-state index contributed by atoms with van der Waals surface area (Å²) in [6.45, 7) is 33.4. The van der Waals surface area contributed by atoms with E-state index >= 15 is 0 Å². The number of carbonyl (C=O) groups is 6. The molecule has 0 spiro atoms. The third-order valence-corrected chi connectivity index (χ3v) is 28.1. The molecule has 8 aliphatic heterocycles. The van der Waals surface area contributed by atoms with E-state index in [0.717, 1.165) is 182 Å². The van der Waals surface area contributed by atoms with Crippen LogP contribution in [0.5, 0.6) is 11.5 Å². The maximum atomic E-state index is 14.3. The summed E-state index contributed by atoms with van der Waals surface area (Å²) in [5, 5.41) is 78.4. The number of rotatable bonds is 22. The zero-order chi connectivity index (χ0) is 88.5. The van der Waals surface area contributed by atoms with Gasteiger partial charge in [0.05, 0.1) is 97.8 Å². The summed E-state index contributed by atoms with van der Waals surface area (Å²) in [4.78, 5) is 106. The number of thiazole rings is 2. The average molecular weight is 1770 g/mol. The van der Waals surface area contributed by atoms with E-state index in [1.165, 1.54) is 29.2 Å². The normalized spacial score (nSPS) is 21.6. The minimum atomic E-state index is -0.880. The SMILES string of the molecule is Cc1ncsc1-c1ccc([C@H](C)NC(=O)[C@@H]2C[C@@H](O)CN2C(=O)[C@@H](CC(=O)CN2CCC(CN3CCN4c5cc(-c6ccccc6O)nnc5NCC4C3)CC2)C(C)(C)C)cc1.Cc1ncsc1-c1ccc([C@H](C)NC(=O)[C@@H]2C[C@@H](O)CN2C(=O)[C@@H](NC(=O)CCl)C(C)(C)C)cc1.Oc1ccccc1-c1cc2c(nn1)NCC1CN(CC3CCNCC3)CCN21. The van der Waals surface area contributed by atoms with Gasteiger partial charge in [-0.25, -0.2) is 9.97 Å². The van der Waals surface area contributed by atoms with Crippen LogP contribution in [0.25, 0.3) is 43.4 Å². The van der Waals surface area contributed by atoms with E-state index in [0.29, 0.717) is 35.8 Å². The van der Waals surface area contributed by atoms with Crippen molar-refractivity contribution in [1.29, 1.82) is 0 Å². The number of ketones is 1. The molecule has 2 unspecified atom stereocenters. The first-order chi connectivity index (χ1) is 59.9. The van der Waals surface area contributed by atoms with E-state index in [2.05, 4.69) is 92.8 Å². The second-order valence-electron chi connectivity index (χ2n) is 37.0. The van der Waals surface area contributed by atoms with Crippen LogP contribution in [-0.2, 0) is 28.8 Å². The molecule has 0 aliphatic carbocycles. The quantitative estimate of drug-likeness (QED) is 0.0282. The van der Waals surface area contributed by atoms with Gasteiger partial charge in [-0.15, -0.1) is 54.7 Å². The smallest absolute Gasteiger partial charge is 0.246 e. The van der Waals surface area contributed by atoms with Gasteiger partial charge in [0, 0.05) is 115 Å². The van der Waals surface area contributed by atoms with E-state index in [4.69, 9.17) is 11.6 Å². The predicted molar refractivity (Wildman–Crippen MR) is 490 cm³/mol.